The average Bonchev–Trinajstić information content (AvgIpc) is 2.88. The second-order valence-corrected chi connectivity index (χ2v) is 8.30. The standard InChI is InChI=1S/C9H22O3SSi.C6H8O6/c1-4-10-14(11-5-2,12-6-3)9-7-8-13;7-1-2(8)5-3(9)4(10)6(11)12-5/h13H,4-9H2,1-3H3;2,5,7-10H,1H2/t;2-,5+/m.0/s1. The third-order valence-electron chi connectivity index (χ3n) is 3.21. The summed E-state index contributed by atoms with van der Waals surface area (Å²) in [6, 6.07) is 0.867. The van der Waals surface area contributed by atoms with Gasteiger partial charge in [0.25, 0.3) is 0 Å². The van der Waals surface area contributed by atoms with Crippen LogP contribution in [0.1, 0.15) is 27.2 Å². The van der Waals surface area contributed by atoms with E-state index in [0.29, 0.717) is 19.8 Å². The Kier molecular flexibility index (Phi) is 12.9. The molecule has 154 valence electrons. The van der Waals surface area contributed by atoms with Gasteiger partial charge >= 0.3 is 14.8 Å². The molecule has 2 atom stereocenters. The zero-order chi connectivity index (χ0) is 20.2. The lowest BCUT2D eigenvalue weighted by molar-refractivity contribution is -0.147. The van der Waals surface area contributed by atoms with Gasteiger partial charge in [0.1, 0.15) is 6.10 Å². The number of hydrogen-bond acceptors (Lipinski definition) is 10. The fraction of sp³-hybridized carbons (Fsp3) is 0.800. The van der Waals surface area contributed by atoms with Gasteiger partial charge in [-0.3, -0.25) is 0 Å². The Hall–Kier alpha value is -0.823. The Labute approximate surface area is 160 Å². The molecule has 0 saturated carbocycles. The molecule has 0 radical (unpaired) electrons. The van der Waals surface area contributed by atoms with Gasteiger partial charge in [0, 0.05) is 25.9 Å². The molecule has 0 spiro atoms. The predicted octanol–water partition coefficient (Wildman–Crippen LogP) is 0.947. The summed E-state index contributed by atoms with van der Waals surface area (Å²) in [4.78, 5) is 10.5. The molecule has 9 nitrogen and oxygen atoms in total. The molecule has 0 aromatic heterocycles. The quantitative estimate of drug-likeness (QED) is 0.190. The van der Waals surface area contributed by atoms with Crippen molar-refractivity contribution < 1.29 is 43.2 Å². The minimum Gasteiger partial charge on any atom is -0.505 e. The molecule has 0 aromatic rings. The molecule has 1 aliphatic heterocycles. The molecule has 0 bridgehead atoms. The summed E-state index contributed by atoms with van der Waals surface area (Å²) in [5.41, 5.74) is 0. The van der Waals surface area contributed by atoms with E-state index >= 15 is 0 Å². The van der Waals surface area contributed by atoms with Crippen molar-refractivity contribution in [1.29, 1.82) is 0 Å². The number of carbonyl (C=O) groups excluding carboxylic acids is 1. The van der Waals surface area contributed by atoms with Gasteiger partial charge in [0.05, 0.1) is 6.61 Å². The number of ether oxygens (including phenoxy) is 1. The smallest absolute Gasteiger partial charge is 0.500 e. The van der Waals surface area contributed by atoms with E-state index in [1.165, 1.54) is 0 Å². The topological polar surface area (TPSA) is 135 Å². The van der Waals surface area contributed by atoms with Crippen molar-refractivity contribution in [2.75, 3.05) is 32.2 Å². The fourth-order valence-corrected chi connectivity index (χ4v) is 5.19. The maximum Gasteiger partial charge on any atom is 0.500 e. The lowest BCUT2D eigenvalue weighted by atomic mass is 10.2. The van der Waals surface area contributed by atoms with Crippen molar-refractivity contribution in [3.63, 3.8) is 0 Å². The number of aliphatic hydroxyl groups is 4. The molecule has 0 unspecified atom stereocenters. The van der Waals surface area contributed by atoms with Crippen LogP contribution in [0.3, 0.4) is 0 Å². The van der Waals surface area contributed by atoms with E-state index in [1.807, 2.05) is 20.8 Å². The minimum absolute atomic E-state index is 0.652. The van der Waals surface area contributed by atoms with E-state index in [4.69, 9.17) is 33.7 Å². The number of aliphatic hydroxyl groups excluding tert-OH is 4. The summed E-state index contributed by atoms with van der Waals surface area (Å²) in [6.07, 6.45) is -1.80. The van der Waals surface area contributed by atoms with Crippen molar-refractivity contribution in [1.82, 2.24) is 0 Å². The van der Waals surface area contributed by atoms with E-state index < -0.39 is 45.1 Å². The van der Waals surface area contributed by atoms with Crippen LogP contribution in [0.15, 0.2) is 11.5 Å². The number of hydrogen-bond donors (Lipinski definition) is 5. The summed E-state index contributed by atoms with van der Waals surface area (Å²) >= 11 is 4.19. The second kappa shape index (κ2) is 13.4. The van der Waals surface area contributed by atoms with Crippen molar-refractivity contribution >= 4 is 27.4 Å². The zero-order valence-corrected chi connectivity index (χ0v) is 17.3. The van der Waals surface area contributed by atoms with Crippen LogP contribution in [-0.2, 0) is 22.8 Å². The average molecular weight is 415 g/mol. The molecule has 4 N–H and O–H groups in total. The highest BCUT2D eigenvalue weighted by atomic mass is 32.1. The molecule has 1 aliphatic rings. The van der Waals surface area contributed by atoms with Crippen LogP contribution in [0, 0.1) is 0 Å². The van der Waals surface area contributed by atoms with Crippen LogP contribution in [0.25, 0.3) is 0 Å². The van der Waals surface area contributed by atoms with E-state index in [9.17, 15) is 4.79 Å². The monoisotopic (exact) mass is 414 g/mol. The SMILES string of the molecule is CCO[Si](CCCS)(OCC)OCC.O=C1O[C@H]([C@@H](O)CO)C(O)=C1O. The van der Waals surface area contributed by atoms with E-state index in [-0.39, 0.29) is 0 Å². The summed E-state index contributed by atoms with van der Waals surface area (Å²) in [5.74, 6) is -1.93. The van der Waals surface area contributed by atoms with Gasteiger partial charge in [-0.05, 0) is 32.9 Å². The first-order chi connectivity index (χ1) is 12.3. The van der Waals surface area contributed by atoms with Crippen LogP contribution < -0.4 is 0 Å². The van der Waals surface area contributed by atoms with Crippen LogP contribution in [0.5, 0.6) is 0 Å². The number of rotatable bonds is 11. The first-order valence-electron chi connectivity index (χ1n) is 8.47. The van der Waals surface area contributed by atoms with Crippen LogP contribution in [0.2, 0.25) is 6.04 Å². The predicted molar refractivity (Wildman–Crippen MR) is 99.2 cm³/mol. The molecule has 1 rings (SSSR count). The normalized spacial score (nSPS) is 18.4. The molecule has 0 amide bonds. The summed E-state index contributed by atoms with van der Waals surface area (Å²) in [6.45, 7) is 7.20. The van der Waals surface area contributed by atoms with Gasteiger partial charge < -0.3 is 38.4 Å². The molecule has 0 fully saturated rings. The first-order valence-corrected chi connectivity index (χ1v) is 11.0. The Morgan fingerprint density at radius 2 is 1.65 bits per heavy atom. The summed E-state index contributed by atoms with van der Waals surface area (Å²) in [5, 5.41) is 35.0. The van der Waals surface area contributed by atoms with Crippen molar-refractivity contribution in [3.8, 4) is 0 Å². The molecule has 0 aliphatic carbocycles. The summed E-state index contributed by atoms with van der Waals surface area (Å²) < 4.78 is 21.3. The van der Waals surface area contributed by atoms with Gasteiger partial charge in [-0.15, -0.1) is 0 Å². The number of esters is 1. The lowest BCUT2D eigenvalue weighted by Gasteiger charge is -2.28. The first kappa shape index (κ1) is 25.2. The van der Waals surface area contributed by atoms with Gasteiger partial charge in [-0.25, -0.2) is 4.79 Å². The fourth-order valence-electron chi connectivity index (χ4n) is 2.12. The van der Waals surface area contributed by atoms with Crippen LogP contribution in [0.4, 0.5) is 0 Å². The van der Waals surface area contributed by atoms with Gasteiger partial charge in [0.15, 0.2) is 11.9 Å². The van der Waals surface area contributed by atoms with E-state index in [0.717, 1.165) is 18.2 Å². The van der Waals surface area contributed by atoms with Gasteiger partial charge in [-0.1, -0.05) is 0 Å². The Balaban J connectivity index is 0.000000485. The number of carbonyl (C=O) groups is 1. The highest BCUT2D eigenvalue weighted by Gasteiger charge is 2.39. The molecule has 1 heterocycles. The van der Waals surface area contributed by atoms with Gasteiger partial charge in [0.2, 0.25) is 5.76 Å². The maximum absolute atomic E-state index is 10.5. The Morgan fingerprint density at radius 1 is 1.15 bits per heavy atom. The maximum atomic E-state index is 10.5. The molecule has 0 aromatic carbocycles. The number of thiol groups is 1. The minimum atomic E-state index is -2.37. The molecule has 0 saturated heterocycles. The van der Waals surface area contributed by atoms with Gasteiger partial charge in [-0.2, -0.15) is 12.6 Å². The lowest BCUT2D eigenvalue weighted by Crippen LogP contribution is -2.46. The third-order valence-corrected chi connectivity index (χ3v) is 6.68. The highest BCUT2D eigenvalue weighted by Crippen LogP contribution is 2.21. The largest absolute Gasteiger partial charge is 0.505 e. The van der Waals surface area contributed by atoms with Crippen LogP contribution >= 0.6 is 12.6 Å². The Morgan fingerprint density at radius 3 is 1.96 bits per heavy atom. The van der Waals surface area contributed by atoms with E-state index in [1.54, 1.807) is 0 Å². The number of cyclic esters (lactones) is 1. The molecule has 11 heteroatoms. The second-order valence-electron chi connectivity index (χ2n) is 5.12. The third kappa shape index (κ3) is 7.82. The highest BCUT2D eigenvalue weighted by molar-refractivity contribution is 7.80. The van der Waals surface area contributed by atoms with Crippen LogP contribution in [-0.4, -0.2) is 79.6 Å². The molecule has 26 heavy (non-hydrogen) atoms. The summed E-state index contributed by atoms with van der Waals surface area (Å²) in [7, 11) is -2.37. The van der Waals surface area contributed by atoms with E-state index in [2.05, 4.69) is 17.4 Å². The molecular formula is C15H30O9SSi. The molecular weight excluding hydrogens is 384 g/mol. The zero-order valence-electron chi connectivity index (χ0n) is 15.4. The van der Waals surface area contributed by atoms with Crippen molar-refractivity contribution in [3.05, 3.63) is 11.5 Å². The Bertz CT molecular complexity index is 430. The van der Waals surface area contributed by atoms with Crippen molar-refractivity contribution in [2.45, 2.75) is 45.4 Å². The van der Waals surface area contributed by atoms with Crippen molar-refractivity contribution in [2.24, 2.45) is 0 Å².